The van der Waals surface area contributed by atoms with E-state index in [0.29, 0.717) is 23.8 Å². The van der Waals surface area contributed by atoms with Crippen LogP contribution in [0.15, 0.2) is 0 Å². The van der Waals surface area contributed by atoms with Crippen LogP contribution in [0.4, 0.5) is 4.79 Å². The molecule has 0 heterocycles. The first kappa shape index (κ1) is 16.0. The van der Waals surface area contributed by atoms with Crippen LogP contribution in [0.3, 0.4) is 0 Å². The predicted octanol–water partition coefficient (Wildman–Crippen LogP) is 2.51. The molecule has 0 saturated heterocycles. The maximum atomic E-state index is 11.9. The number of thioether (sulfide) groups is 1. The molecule has 0 aromatic heterocycles. The summed E-state index contributed by atoms with van der Waals surface area (Å²) in [6.45, 7) is 0.696. The minimum atomic E-state index is -0.167. The van der Waals surface area contributed by atoms with E-state index >= 15 is 0 Å². The van der Waals surface area contributed by atoms with Crippen LogP contribution in [0.2, 0.25) is 0 Å². The lowest BCUT2D eigenvalue weighted by molar-refractivity contribution is 0.101. The van der Waals surface area contributed by atoms with Crippen molar-refractivity contribution in [2.45, 2.75) is 68.8 Å². The number of carbonyl (C=O) groups excluding carboxylic acids is 1. The molecule has 0 bridgehead atoms. The topological polar surface area (TPSA) is 61.4 Å². The van der Waals surface area contributed by atoms with Gasteiger partial charge in [0.25, 0.3) is 0 Å². The van der Waals surface area contributed by atoms with Crippen LogP contribution in [0.5, 0.6) is 0 Å². The first-order valence-corrected chi connectivity index (χ1v) is 9.21. The Hall–Kier alpha value is -0.420. The number of aliphatic hydroxyl groups excluding tert-OH is 1. The normalized spacial score (nSPS) is 34.5. The molecule has 20 heavy (non-hydrogen) atoms. The highest BCUT2D eigenvalue weighted by Gasteiger charge is 2.24. The van der Waals surface area contributed by atoms with Crippen LogP contribution in [-0.2, 0) is 0 Å². The molecule has 4 atom stereocenters. The van der Waals surface area contributed by atoms with Gasteiger partial charge in [0.1, 0.15) is 0 Å². The molecule has 2 fully saturated rings. The van der Waals surface area contributed by atoms with E-state index in [1.54, 1.807) is 0 Å². The Morgan fingerprint density at radius 1 is 1.20 bits per heavy atom. The van der Waals surface area contributed by atoms with Gasteiger partial charge in [0.15, 0.2) is 0 Å². The molecule has 2 aliphatic rings. The Balaban J connectivity index is 1.64. The van der Waals surface area contributed by atoms with E-state index in [9.17, 15) is 9.90 Å². The molecule has 5 heteroatoms. The third-order valence-corrected chi connectivity index (χ3v) is 5.70. The lowest BCUT2D eigenvalue weighted by atomic mass is 9.87. The summed E-state index contributed by atoms with van der Waals surface area (Å²) in [5, 5.41) is 16.4. The maximum Gasteiger partial charge on any atom is 0.315 e. The molecule has 0 aromatic rings. The van der Waals surface area contributed by atoms with Crippen LogP contribution < -0.4 is 10.6 Å². The second-order valence-electron chi connectivity index (χ2n) is 6.26. The van der Waals surface area contributed by atoms with Gasteiger partial charge in [0.05, 0.1) is 6.10 Å². The number of rotatable bonds is 4. The first-order valence-electron chi connectivity index (χ1n) is 7.92. The summed E-state index contributed by atoms with van der Waals surface area (Å²) in [5.41, 5.74) is 0. The highest BCUT2D eigenvalue weighted by molar-refractivity contribution is 7.99. The average molecular weight is 300 g/mol. The van der Waals surface area contributed by atoms with Crippen molar-refractivity contribution in [3.8, 4) is 0 Å². The maximum absolute atomic E-state index is 11.9. The fourth-order valence-corrected chi connectivity index (χ4v) is 4.24. The zero-order valence-electron chi connectivity index (χ0n) is 12.4. The molecule has 0 aliphatic heterocycles. The highest BCUT2D eigenvalue weighted by atomic mass is 32.2. The molecule has 2 aliphatic carbocycles. The number of urea groups is 1. The fraction of sp³-hybridized carbons (Fsp3) is 0.933. The molecule has 2 rings (SSSR count). The van der Waals surface area contributed by atoms with Crippen LogP contribution in [-0.4, -0.2) is 41.3 Å². The van der Waals surface area contributed by atoms with Crippen LogP contribution in [0.25, 0.3) is 0 Å². The molecule has 4 unspecified atom stereocenters. The SMILES string of the molecule is CSC1CCCC(NC(=O)NCC2CCCC(O)C2)C1. The van der Waals surface area contributed by atoms with Crippen molar-refractivity contribution in [3.05, 3.63) is 0 Å². The van der Waals surface area contributed by atoms with Gasteiger partial charge in [-0.25, -0.2) is 4.79 Å². The largest absolute Gasteiger partial charge is 0.393 e. The Bertz CT molecular complexity index is 314. The molecule has 4 nitrogen and oxygen atoms in total. The van der Waals surface area contributed by atoms with Crippen molar-refractivity contribution in [1.29, 1.82) is 0 Å². The van der Waals surface area contributed by atoms with Gasteiger partial charge in [0, 0.05) is 17.8 Å². The second-order valence-corrected chi connectivity index (χ2v) is 7.40. The van der Waals surface area contributed by atoms with Gasteiger partial charge >= 0.3 is 6.03 Å². The Morgan fingerprint density at radius 2 is 2.00 bits per heavy atom. The number of amides is 2. The molecule has 0 radical (unpaired) electrons. The lowest BCUT2D eigenvalue weighted by Gasteiger charge is -2.29. The van der Waals surface area contributed by atoms with E-state index in [1.807, 2.05) is 11.8 Å². The number of hydrogen-bond acceptors (Lipinski definition) is 3. The van der Waals surface area contributed by atoms with Crippen molar-refractivity contribution >= 4 is 17.8 Å². The molecular weight excluding hydrogens is 272 g/mol. The minimum absolute atomic E-state index is 0.0307. The number of nitrogens with one attached hydrogen (secondary N) is 2. The summed E-state index contributed by atoms with van der Waals surface area (Å²) in [6, 6.07) is 0.301. The molecule has 116 valence electrons. The molecule has 3 N–H and O–H groups in total. The van der Waals surface area contributed by atoms with Gasteiger partial charge in [-0.05, 0) is 50.7 Å². The first-order chi connectivity index (χ1) is 9.67. The van der Waals surface area contributed by atoms with Gasteiger partial charge in [-0.2, -0.15) is 11.8 Å². The minimum Gasteiger partial charge on any atom is -0.393 e. The van der Waals surface area contributed by atoms with Gasteiger partial charge < -0.3 is 15.7 Å². The molecule has 0 aromatic carbocycles. The van der Waals surface area contributed by atoms with E-state index in [-0.39, 0.29) is 12.1 Å². The van der Waals surface area contributed by atoms with Crippen molar-refractivity contribution < 1.29 is 9.90 Å². The van der Waals surface area contributed by atoms with E-state index < -0.39 is 0 Å². The Labute approximate surface area is 126 Å². The lowest BCUT2D eigenvalue weighted by Crippen LogP contribution is -2.46. The van der Waals surface area contributed by atoms with Gasteiger partial charge in [-0.1, -0.05) is 12.8 Å². The van der Waals surface area contributed by atoms with Gasteiger partial charge in [0.2, 0.25) is 0 Å². The van der Waals surface area contributed by atoms with Crippen molar-refractivity contribution in [3.63, 3.8) is 0 Å². The fourth-order valence-electron chi connectivity index (χ4n) is 3.41. The van der Waals surface area contributed by atoms with E-state index in [1.165, 1.54) is 12.8 Å². The summed E-state index contributed by atoms with van der Waals surface area (Å²) >= 11 is 1.91. The zero-order chi connectivity index (χ0) is 14.4. The van der Waals surface area contributed by atoms with E-state index in [4.69, 9.17) is 0 Å². The summed E-state index contributed by atoms with van der Waals surface area (Å²) in [7, 11) is 0. The molecule has 2 amide bonds. The molecular formula is C15H28N2O2S. The number of hydrogen-bond donors (Lipinski definition) is 3. The second kappa shape index (κ2) is 8.13. The number of aliphatic hydroxyl groups is 1. The third kappa shape index (κ3) is 5.17. The van der Waals surface area contributed by atoms with Crippen LogP contribution in [0, 0.1) is 5.92 Å². The summed E-state index contributed by atoms with van der Waals surface area (Å²) < 4.78 is 0. The summed E-state index contributed by atoms with van der Waals surface area (Å²) in [6.07, 6.45) is 10.6. The Kier molecular flexibility index (Phi) is 6.49. The number of carbonyl (C=O) groups is 1. The zero-order valence-corrected chi connectivity index (χ0v) is 13.3. The van der Waals surface area contributed by atoms with Gasteiger partial charge in [-0.15, -0.1) is 0 Å². The van der Waals surface area contributed by atoms with Crippen LogP contribution in [0.1, 0.15) is 51.4 Å². The van der Waals surface area contributed by atoms with Crippen LogP contribution >= 0.6 is 11.8 Å². The quantitative estimate of drug-likeness (QED) is 0.747. The third-order valence-electron chi connectivity index (χ3n) is 4.60. The van der Waals surface area contributed by atoms with Crippen molar-refractivity contribution in [1.82, 2.24) is 10.6 Å². The highest BCUT2D eigenvalue weighted by Crippen LogP contribution is 2.27. The van der Waals surface area contributed by atoms with E-state index in [0.717, 1.165) is 38.5 Å². The standard InChI is InChI=1S/C15H28N2O2S/c1-20-14-7-3-5-12(9-14)17-15(19)16-10-11-4-2-6-13(18)8-11/h11-14,18H,2-10H2,1H3,(H2,16,17,19). The molecule has 0 spiro atoms. The smallest absolute Gasteiger partial charge is 0.315 e. The van der Waals surface area contributed by atoms with Gasteiger partial charge in [-0.3, -0.25) is 0 Å². The monoisotopic (exact) mass is 300 g/mol. The average Bonchev–Trinajstić information content (AvgIpc) is 2.45. The predicted molar refractivity (Wildman–Crippen MR) is 84.1 cm³/mol. The Morgan fingerprint density at radius 3 is 2.75 bits per heavy atom. The molecule has 2 saturated carbocycles. The van der Waals surface area contributed by atoms with Crippen molar-refractivity contribution in [2.24, 2.45) is 5.92 Å². The van der Waals surface area contributed by atoms with E-state index in [2.05, 4.69) is 16.9 Å². The van der Waals surface area contributed by atoms with Crippen molar-refractivity contribution in [2.75, 3.05) is 12.8 Å². The summed E-state index contributed by atoms with van der Waals surface area (Å²) in [4.78, 5) is 11.9. The summed E-state index contributed by atoms with van der Waals surface area (Å²) in [5.74, 6) is 0.440.